The molecule has 0 fully saturated rings. The average Bonchev–Trinajstić information content (AvgIpc) is 2.63. The fourth-order valence-corrected chi connectivity index (χ4v) is 3.58. The van der Waals surface area contributed by atoms with E-state index in [-0.39, 0.29) is 6.73 Å². The third kappa shape index (κ3) is 23.9. The Morgan fingerprint density at radius 1 is 0.440 bits per heavy atom. The number of nitrogens with one attached hydrogen (secondary N) is 1. The first kappa shape index (κ1) is 24.9. The molecular formula is C23H49NO. The summed E-state index contributed by atoms with van der Waals surface area (Å²) >= 11 is 0. The lowest BCUT2D eigenvalue weighted by molar-refractivity contribution is 0.260. The molecule has 0 bridgehead atoms. The molecule has 25 heavy (non-hydrogen) atoms. The van der Waals surface area contributed by atoms with E-state index in [4.69, 9.17) is 5.11 Å². The van der Waals surface area contributed by atoms with Crippen molar-refractivity contribution in [1.82, 2.24) is 5.32 Å². The molecule has 152 valence electrons. The quantitative estimate of drug-likeness (QED) is 0.157. The van der Waals surface area contributed by atoms with Gasteiger partial charge in [0, 0.05) is 0 Å². The van der Waals surface area contributed by atoms with Crippen LogP contribution in [0.15, 0.2) is 0 Å². The Hall–Kier alpha value is -0.0800. The van der Waals surface area contributed by atoms with Gasteiger partial charge in [0.15, 0.2) is 0 Å². The molecule has 0 radical (unpaired) electrons. The monoisotopic (exact) mass is 355 g/mol. The zero-order valence-electron chi connectivity index (χ0n) is 17.5. The second-order valence-electron chi connectivity index (χ2n) is 7.88. The van der Waals surface area contributed by atoms with Gasteiger partial charge in [0.25, 0.3) is 0 Å². The molecule has 0 aliphatic heterocycles. The number of hydrogen-bond donors (Lipinski definition) is 2. The average molecular weight is 356 g/mol. The highest BCUT2D eigenvalue weighted by Gasteiger charge is 1.95. The van der Waals surface area contributed by atoms with Crippen molar-refractivity contribution in [2.75, 3.05) is 13.3 Å². The summed E-state index contributed by atoms with van der Waals surface area (Å²) in [7, 11) is 0. The van der Waals surface area contributed by atoms with E-state index in [0.29, 0.717) is 0 Å². The van der Waals surface area contributed by atoms with E-state index in [2.05, 4.69) is 12.2 Å². The van der Waals surface area contributed by atoms with Crippen LogP contribution < -0.4 is 5.32 Å². The van der Waals surface area contributed by atoms with Gasteiger partial charge in [-0.05, 0) is 13.0 Å². The van der Waals surface area contributed by atoms with Gasteiger partial charge in [-0.15, -0.1) is 0 Å². The zero-order valence-corrected chi connectivity index (χ0v) is 17.5. The predicted octanol–water partition coefficient (Wildman–Crippen LogP) is 7.35. The lowest BCUT2D eigenvalue weighted by Crippen LogP contribution is -2.15. The van der Waals surface area contributed by atoms with Crippen molar-refractivity contribution < 1.29 is 5.11 Å². The third-order valence-electron chi connectivity index (χ3n) is 5.32. The van der Waals surface area contributed by atoms with Crippen molar-refractivity contribution in [1.29, 1.82) is 0 Å². The Morgan fingerprint density at radius 2 is 0.720 bits per heavy atom. The Balaban J connectivity index is 2.94. The zero-order chi connectivity index (χ0) is 18.3. The summed E-state index contributed by atoms with van der Waals surface area (Å²) in [5, 5.41) is 11.6. The molecule has 0 saturated heterocycles. The van der Waals surface area contributed by atoms with Gasteiger partial charge in [-0.2, -0.15) is 0 Å². The Labute approximate surface area is 159 Å². The van der Waals surface area contributed by atoms with E-state index in [9.17, 15) is 0 Å². The normalized spacial score (nSPS) is 11.3. The summed E-state index contributed by atoms with van der Waals surface area (Å²) in [6.07, 6.45) is 28.5. The van der Waals surface area contributed by atoms with Gasteiger partial charge in [-0.1, -0.05) is 129 Å². The molecular weight excluding hydrogens is 306 g/mol. The van der Waals surface area contributed by atoms with E-state index in [1.165, 1.54) is 128 Å². The van der Waals surface area contributed by atoms with Crippen molar-refractivity contribution in [2.24, 2.45) is 0 Å². The van der Waals surface area contributed by atoms with Crippen LogP contribution in [-0.2, 0) is 0 Å². The van der Waals surface area contributed by atoms with E-state index in [1.807, 2.05) is 0 Å². The lowest BCUT2D eigenvalue weighted by atomic mass is 10.0. The number of aliphatic hydroxyl groups excluding tert-OH is 1. The highest BCUT2D eigenvalue weighted by Crippen LogP contribution is 2.14. The van der Waals surface area contributed by atoms with E-state index >= 15 is 0 Å². The summed E-state index contributed by atoms with van der Waals surface area (Å²) in [4.78, 5) is 0. The van der Waals surface area contributed by atoms with Crippen LogP contribution in [0.3, 0.4) is 0 Å². The molecule has 0 aromatic carbocycles. The van der Waals surface area contributed by atoms with E-state index in [0.717, 1.165) is 6.54 Å². The fourth-order valence-electron chi connectivity index (χ4n) is 3.58. The maximum absolute atomic E-state index is 8.61. The number of aliphatic hydroxyl groups is 1. The second kappa shape index (κ2) is 23.9. The van der Waals surface area contributed by atoms with Gasteiger partial charge in [-0.3, -0.25) is 5.32 Å². The lowest BCUT2D eigenvalue weighted by Gasteiger charge is -2.04. The third-order valence-corrected chi connectivity index (χ3v) is 5.32. The first-order valence-electron chi connectivity index (χ1n) is 11.7. The van der Waals surface area contributed by atoms with Crippen molar-refractivity contribution in [3.63, 3.8) is 0 Å². The Bertz CT molecular complexity index is 198. The molecule has 0 heterocycles. The highest BCUT2D eigenvalue weighted by molar-refractivity contribution is 4.51. The van der Waals surface area contributed by atoms with Crippen LogP contribution >= 0.6 is 0 Å². The highest BCUT2D eigenvalue weighted by atomic mass is 16.3. The Kier molecular flexibility index (Phi) is 23.8. The predicted molar refractivity (Wildman–Crippen MR) is 113 cm³/mol. The topological polar surface area (TPSA) is 32.3 Å². The van der Waals surface area contributed by atoms with Gasteiger partial charge < -0.3 is 5.11 Å². The fraction of sp³-hybridized carbons (Fsp3) is 1.00. The SMILES string of the molecule is CCCCCCCCCCCCCCCCCCCCCCNCO. The minimum atomic E-state index is 0.124. The van der Waals surface area contributed by atoms with Gasteiger partial charge >= 0.3 is 0 Å². The van der Waals surface area contributed by atoms with Gasteiger partial charge in [0.1, 0.15) is 0 Å². The smallest absolute Gasteiger partial charge is 0.0931 e. The van der Waals surface area contributed by atoms with Gasteiger partial charge in [0.2, 0.25) is 0 Å². The first-order chi connectivity index (χ1) is 12.4. The van der Waals surface area contributed by atoms with Crippen molar-refractivity contribution in [3.05, 3.63) is 0 Å². The molecule has 0 aromatic heterocycles. The number of unbranched alkanes of at least 4 members (excludes halogenated alkanes) is 19. The molecule has 0 rings (SSSR count). The maximum atomic E-state index is 8.61. The van der Waals surface area contributed by atoms with Crippen molar-refractivity contribution in [3.8, 4) is 0 Å². The molecule has 0 atom stereocenters. The summed E-state index contributed by atoms with van der Waals surface area (Å²) in [6, 6.07) is 0. The number of rotatable bonds is 22. The molecule has 0 unspecified atom stereocenters. The summed E-state index contributed by atoms with van der Waals surface area (Å²) < 4.78 is 0. The molecule has 2 heteroatoms. The summed E-state index contributed by atoms with van der Waals surface area (Å²) in [5.74, 6) is 0. The summed E-state index contributed by atoms with van der Waals surface area (Å²) in [6.45, 7) is 3.39. The van der Waals surface area contributed by atoms with Gasteiger partial charge in [-0.25, -0.2) is 0 Å². The molecule has 0 saturated carbocycles. The maximum Gasteiger partial charge on any atom is 0.0931 e. The molecule has 2 N–H and O–H groups in total. The molecule has 0 aliphatic rings. The Morgan fingerprint density at radius 3 is 1.00 bits per heavy atom. The molecule has 0 aromatic rings. The first-order valence-corrected chi connectivity index (χ1v) is 11.7. The molecule has 0 amide bonds. The minimum absolute atomic E-state index is 0.124. The molecule has 0 aliphatic carbocycles. The second-order valence-corrected chi connectivity index (χ2v) is 7.88. The van der Waals surface area contributed by atoms with Crippen LogP contribution in [0.5, 0.6) is 0 Å². The molecule has 0 spiro atoms. The van der Waals surface area contributed by atoms with E-state index < -0.39 is 0 Å². The summed E-state index contributed by atoms with van der Waals surface area (Å²) in [5.41, 5.74) is 0. The van der Waals surface area contributed by atoms with Crippen LogP contribution in [0.1, 0.15) is 135 Å². The number of hydrogen-bond acceptors (Lipinski definition) is 2. The van der Waals surface area contributed by atoms with Crippen LogP contribution in [0, 0.1) is 0 Å². The van der Waals surface area contributed by atoms with Crippen LogP contribution in [0.2, 0.25) is 0 Å². The minimum Gasteiger partial charge on any atom is -0.381 e. The molecule has 2 nitrogen and oxygen atoms in total. The van der Waals surface area contributed by atoms with E-state index in [1.54, 1.807) is 0 Å². The van der Waals surface area contributed by atoms with Crippen LogP contribution in [0.25, 0.3) is 0 Å². The van der Waals surface area contributed by atoms with Crippen molar-refractivity contribution in [2.45, 2.75) is 135 Å². The standard InChI is InChI=1S/C23H49NO/c1-2-3-4-5-6-7-8-9-10-11-12-13-14-15-16-17-18-19-20-21-22-24-23-25/h24-25H,2-23H2,1H3. The van der Waals surface area contributed by atoms with Crippen LogP contribution in [0.4, 0.5) is 0 Å². The largest absolute Gasteiger partial charge is 0.381 e. The van der Waals surface area contributed by atoms with Crippen molar-refractivity contribution >= 4 is 0 Å². The van der Waals surface area contributed by atoms with Crippen LogP contribution in [-0.4, -0.2) is 18.4 Å². The van der Waals surface area contributed by atoms with Gasteiger partial charge in [0.05, 0.1) is 6.73 Å².